The quantitative estimate of drug-likeness (QED) is 0.755. The van der Waals surface area contributed by atoms with Crippen molar-refractivity contribution in [1.29, 1.82) is 0 Å². The van der Waals surface area contributed by atoms with E-state index in [1.54, 1.807) is 0 Å². The van der Waals surface area contributed by atoms with Crippen LogP contribution in [0.15, 0.2) is 24.3 Å². The maximum Gasteiger partial charge on any atom is -0.00203 e. The van der Waals surface area contributed by atoms with E-state index in [1.165, 1.54) is 30.4 Å². The molecule has 0 radical (unpaired) electrons. The van der Waals surface area contributed by atoms with Crippen LogP contribution in [0.2, 0.25) is 0 Å². The molecular weight excluding hydrogens is 206 g/mol. The van der Waals surface area contributed by atoms with E-state index in [1.807, 2.05) is 0 Å². The molecule has 1 aromatic carbocycles. The van der Waals surface area contributed by atoms with Crippen LogP contribution in [0.3, 0.4) is 0 Å². The predicted octanol–water partition coefficient (Wildman–Crippen LogP) is 3.81. The number of aryl methyl sites for hydroxylation is 1. The maximum absolute atomic E-state index is 3.33. The van der Waals surface area contributed by atoms with Crippen LogP contribution in [0.4, 0.5) is 0 Å². The van der Waals surface area contributed by atoms with Crippen molar-refractivity contribution >= 4 is 0 Å². The molecule has 96 valence electrons. The summed E-state index contributed by atoms with van der Waals surface area (Å²) in [5, 5.41) is 3.33. The monoisotopic (exact) mass is 233 g/mol. The SMILES string of the molecule is CNCC(CCC(C)C)Cc1cccc(C)c1. The van der Waals surface area contributed by atoms with Gasteiger partial charge >= 0.3 is 0 Å². The third kappa shape index (κ3) is 5.88. The molecule has 0 amide bonds. The van der Waals surface area contributed by atoms with Gasteiger partial charge in [-0.2, -0.15) is 0 Å². The summed E-state index contributed by atoms with van der Waals surface area (Å²) < 4.78 is 0. The summed E-state index contributed by atoms with van der Waals surface area (Å²) in [7, 11) is 2.05. The molecule has 1 N–H and O–H groups in total. The third-order valence-electron chi connectivity index (χ3n) is 3.25. The molecule has 0 saturated heterocycles. The Kier molecular flexibility index (Phi) is 6.28. The highest BCUT2D eigenvalue weighted by Gasteiger charge is 2.10. The predicted molar refractivity (Wildman–Crippen MR) is 76.4 cm³/mol. The molecule has 0 aliphatic rings. The first-order valence-electron chi connectivity index (χ1n) is 6.82. The van der Waals surface area contributed by atoms with Crippen molar-refractivity contribution in [3.05, 3.63) is 35.4 Å². The maximum atomic E-state index is 3.33. The first kappa shape index (κ1) is 14.2. The first-order chi connectivity index (χ1) is 8.11. The fourth-order valence-corrected chi connectivity index (χ4v) is 2.31. The Balaban J connectivity index is 2.53. The largest absolute Gasteiger partial charge is 0.319 e. The standard InChI is InChI=1S/C16H27N/c1-13(2)8-9-16(12-17-4)11-15-7-5-6-14(3)10-15/h5-7,10,13,16-17H,8-9,11-12H2,1-4H3. The summed E-state index contributed by atoms with van der Waals surface area (Å²) in [6.07, 6.45) is 3.86. The van der Waals surface area contributed by atoms with Gasteiger partial charge in [0.1, 0.15) is 0 Å². The fourth-order valence-electron chi connectivity index (χ4n) is 2.31. The molecule has 0 aliphatic heterocycles. The van der Waals surface area contributed by atoms with Gasteiger partial charge in [-0.3, -0.25) is 0 Å². The number of hydrogen-bond acceptors (Lipinski definition) is 1. The zero-order valence-electron chi connectivity index (χ0n) is 11.8. The molecule has 0 spiro atoms. The van der Waals surface area contributed by atoms with Gasteiger partial charge in [0.2, 0.25) is 0 Å². The second-order valence-corrected chi connectivity index (χ2v) is 5.59. The molecule has 1 rings (SSSR count). The van der Waals surface area contributed by atoms with E-state index in [-0.39, 0.29) is 0 Å². The van der Waals surface area contributed by atoms with Crippen molar-refractivity contribution in [1.82, 2.24) is 5.32 Å². The molecule has 0 bridgehead atoms. The summed E-state index contributed by atoms with van der Waals surface area (Å²) in [6, 6.07) is 8.91. The number of hydrogen-bond donors (Lipinski definition) is 1. The van der Waals surface area contributed by atoms with Crippen molar-refractivity contribution in [3.63, 3.8) is 0 Å². The highest BCUT2D eigenvalue weighted by atomic mass is 14.8. The molecule has 1 aromatic rings. The van der Waals surface area contributed by atoms with E-state index in [2.05, 4.69) is 57.4 Å². The van der Waals surface area contributed by atoms with E-state index >= 15 is 0 Å². The van der Waals surface area contributed by atoms with Gasteiger partial charge in [0.05, 0.1) is 0 Å². The van der Waals surface area contributed by atoms with Gasteiger partial charge < -0.3 is 5.32 Å². The van der Waals surface area contributed by atoms with Gasteiger partial charge in [-0.1, -0.05) is 50.1 Å². The van der Waals surface area contributed by atoms with Crippen molar-refractivity contribution < 1.29 is 0 Å². The molecule has 0 heterocycles. The van der Waals surface area contributed by atoms with Crippen LogP contribution >= 0.6 is 0 Å². The van der Waals surface area contributed by atoms with Crippen LogP contribution in [0.25, 0.3) is 0 Å². The zero-order valence-corrected chi connectivity index (χ0v) is 11.8. The smallest absolute Gasteiger partial charge is 0.00203 e. The average molecular weight is 233 g/mol. The van der Waals surface area contributed by atoms with E-state index in [0.29, 0.717) is 0 Å². The molecule has 1 unspecified atom stereocenters. The van der Waals surface area contributed by atoms with E-state index in [9.17, 15) is 0 Å². The Hall–Kier alpha value is -0.820. The van der Waals surface area contributed by atoms with Crippen molar-refractivity contribution in [2.75, 3.05) is 13.6 Å². The van der Waals surface area contributed by atoms with Crippen LogP contribution < -0.4 is 5.32 Å². The highest BCUT2D eigenvalue weighted by Crippen LogP contribution is 2.17. The summed E-state index contributed by atoms with van der Waals surface area (Å²) in [5.41, 5.74) is 2.85. The molecule has 1 heteroatoms. The lowest BCUT2D eigenvalue weighted by atomic mass is 9.91. The Labute approximate surface area is 107 Å². The molecule has 0 fully saturated rings. The van der Waals surface area contributed by atoms with Crippen molar-refractivity contribution in [3.8, 4) is 0 Å². The molecular formula is C16H27N. The van der Waals surface area contributed by atoms with Gasteiger partial charge in [0, 0.05) is 0 Å². The summed E-state index contributed by atoms with van der Waals surface area (Å²) in [5.74, 6) is 1.58. The number of benzene rings is 1. The topological polar surface area (TPSA) is 12.0 Å². The molecule has 0 aliphatic carbocycles. The minimum atomic E-state index is 0.768. The second kappa shape index (κ2) is 7.50. The van der Waals surface area contributed by atoms with Crippen molar-refractivity contribution in [2.45, 2.75) is 40.0 Å². The summed E-state index contributed by atoms with van der Waals surface area (Å²) in [4.78, 5) is 0. The lowest BCUT2D eigenvalue weighted by Crippen LogP contribution is -2.21. The van der Waals surface area contributed by atoms with Gasteiger partial charge in [-0.25, -0.2) is 0 Å². The number of rotatable bonds is 7. The van der Waals surface area contributed by atoms with E-state index in [0.717, 1.165) is 18.4 Å². The minimum Gasteiger partial charge on any atom is -0.319 e. The van der Waals surface area contributed by atoms with Crippen LogP contribution in [0, 0.1) is 18.8 Å². The van der Waals surface area contributed by atoms with Crippen LogP contribution in [-0.4, -0.2) is 13.6 Å². The van der Waals surface area contributed by atoms with Gasteiger partial charge in [0.15, 0.2) is 0 Å². The molecule has 0 aromatic heterocycles. The Morgan fingerprint density at radius 1 is 1.18 bits per heavy atom. The third-order valence-corrected chi connectivity index (χ3v) is 3.25. The minimum absolute atomic E-state index is 0.768. The second-order valence-electron chi connectivity index (χ2n) is 5.59. The Bertz CT molecular complexity index is 317. The highest BCUT2D eigenvalue weighted by molar-refractivity contribution is 5.22. The number of nitrogens with one attached hydrogen (secondary N) is 1. The van der Waals surface area contributed by atoms with Crippen LogP contribution in [0.1, 0.15) is 37.8 Å². The molecule has 1 nitrogen and oxygen atoms in total. The molecule has 1 atom stereocenters. The first-order valence-corrected chi connectivity index (χ1v) is 6.82. The van der Waals surface area contributed by atoms with E-state index < -0.39 is 0 Å². The normalized spacial score (nSPS) is 13.0. The Morgan fingerprint density at radius 3 is 2.53 bits per heavy atom. The van der Waals surface area contributed by atoms with Gasteiger partial charge in [-0.05, 0) is 50.8 Å². The van der Waals surface area contributed by atoms with Gasteiger partial charge in [0.25, 0.3) is 0 Å². The van der Waals surface area contributed by atoms with Gasteiger partial charge in [-0.15, -0.1) is 0 Å². The van der Waals surface area contributed by atoms with E-state index in [4.69, 9.17) is 0 Å². The van der Waals surface area contributed by atoms with Crippen molar-refractivity contribution in [2.24, 2.45) is 11.8 Å². The average Bonchev–Trinajstić information content (AvgIpc) is 2.26. The molecule has 17 heavy (non-hydrogen) atoms. The molecule has 0 saturated carbocycles. The summed E-state index contributed by atoms with van der Waals surface area (Å²) >= 11 is 0. The Morgan fingerprint density at radius 2 is 1.94 bits per heavy atom. The summed E-state index contributed by atoms with van der Waals surface area (Å²) in [6.45, 7) is 7.91. The fraction of sp³-hybridized carbons (Fsp3) is 0.625. The van der Waals surface area contributed by atoms with Crippen LogP contribution in [-0.2, 0) is 6.42 Å². The lowest BCUT2D eigenvalue weighted by Gasteiger charge is -2.18. The lowest BCUT2D eigenvalue weighted by molar-refractivity contribution is 0.409. The van der Waals surface area contributed by atoms with Crippen LogP contribution in [0.5, 0.6) is 0 Å². The zero-order chi connectivity index (χ0) is 12.7.